The van der Waals surface area contributed by atoms with E-state index in [9.17, 15) is 4.79 Å². The van der Waals surface area contributed by atoms with Gasteiger partial charge in [0.05, 0.1) is 17.8 Å². The first-order valence-corrected chi connectivity index (χ1v) is 8.74. The second kappa shape index (κ2) is 9.06. The Bertz CT molecular complexity index is 849. The van der Waals surface area contributed by atoms with Crippen molar-refractivity contribution in [3.63, 3.8) is 0 Å². The number of halogens is 1. The number of oxazole rings is 1. The topological polar surface area (TPSA) is 64.4 Å². The van der Waals surface area contributed by atoms with Crippen LogP contribution in [0, 0.1) is 0 Å². The maximum atomic E-state index is 11.9. The van der Waals surface area contributed by atoms with Crippen molar-refractivity contribution in [3.05, 3.63) is 71.7 Å². The summed E-state index contributed by atoms with van der Waals surface area (Å²) in [6.07, 6.45) is 2.35. The second-order valence-electron chi connectivity index (χ2n) is 5.61. The average molecular weight is 371 g/mol. The van der Waals surface area contributed by atoms with Gasteiger partial charge in [-0.3, -0.25) is 4.79 Å². The summed E-state index contributed by atoms with van der Waals surface area (Å²) in [4.78, 5) is 16.1. The smallest absolute Gasteiger partial charge is 0.220 e. The van der Waals surface area contributed by atoms with Gasteiger partial charge in [-0.2, -0.15) is 0 Å². The normalized spacial score (nSPS) is 10.5. The van der Waals surface area contributed by atoms with Crippen LogP contribution in [0.2, 0.25) is 5.02 Å². The van der Waals surface area contributed by atoms with Crippen LogP contribution in [0.4, 0.5) is 0 Å². The lowest BCUT2D eigenvalue weighted by atomic mass is 10.2. The highest BCUT2D eigenvalue weighted by Gasteiger charge is 2.11. The minimum Gasteiger partial charge on any atom is -0.492 e. The maximum absolute atomic E-state index is 11.9. The lowest BCUT2D eigenvalue weighted by Gasteiger charge is -2.07. The van der Waals surface area contributed by atoms with Crippen molar-refractivity contribution in [2.45, 2.75) is 12.8 Å². The molecular weight excluding hydrogens is 352 g/mol. The van der Waals surface area contributed by atoms with E-state index in [0.29, 0.717) is 42.7 Å². The fourth-order valence-corrected chi connectivity index (χ4v) is 2.63. The van der Waals surface area contributed by atoms with Gasteiger partial charge in [0.1, 0.15) is 12.4 Å². The molecule has 0 unspecified atom stereocenters. The highest BCUT2D eigenvalue weighted by Crippen LogP contribution is 2.28. The molecular formula is C20H19ClN2O3. The Morgan fingerprint density at radius 2 is 1.88 bits per heavy atom. The molecule has 0 atom stereocenters. The molecule has 3 aromatic rings. The number of amides is 1. The Morgan fingerprint density at radius 3 is 2.69 bits per heavy atom. The number of ether oxygens (including phenoxy) is 1. The number of hydrogen-bond acceptors (Lipinski definition) is 4. The first-order valence-electron chi connectivity index (χ1n) is 8.36. The van der Waals surface area contributed by atoms with Crippen LogP contribution in [0.5, 0.6) is 5.75 Å². The van der Waals surface area contributed by atoms with Crippen LogP contribution >= 0.6 is 11.6 Å². The predicted octanol–water partition coefficient (Wildman–Crippen LogP) is 4.12. The van der Waals surface area contributed by atoms with Crippen molar-refractivity contribution < 1.29 is 13.9 Å². The van der Waals surface area contributed by atoms with Crippen molar-refractivity contribution in [3.8, 4) is 17.1 Å². The summed E-state index contributed by atoms with van der Waals surface area (Å²) in [6, 6.07) is 16.9. The number of nitrogens with zero attached hydrogens (tertiary/aromatic N) is 1. The summed E-state index contributed by atoms with van der Waals surface area (Å²) in [5.41, 5.74) is 0.787. The summed E-state index contributed by atoms with van der Waals surface area (Å²) in [7, 11) is 0. The number of rotatable bonds is 8. The Kier molecular flexibility index (Phi) is 6.28. The van der Waals surface area contributed by atoms with Crippen LogP contribution in [0.1, 0.15) is 12.3 Å². The van der Waals surface area contributed by atoms with Crippen LogP contribution in [-0.4, -0.2) is 24.0 Å². The Morgan fingerprint density at radius 1 is 1.12 bits per heavy atom. The van der Waals surface area contributed by atoms with Gasteiger partial charge >= 0.3 is 0 Å². The molecule has 3 rings (SSSR count). The van der Waals surface area contributed by atoms with Crippen molar-refractivity contribution in [2.75, 3.05) is 13.2 Å². The Balaban J connectivity index is 1.40. The minimum absolute atomic E-state index is 0.0702. The molecule has 0 aliphatic rings. The molecule has 0 saturated heterocycles. The van der Waals surface area contributed by atoms with Crippen LogP contribution in [0.15, 0.2) is 65.2 Å². The molecule has 6 heteroatoms. The van der Waals surface area contributed by atoms with E-state index in [0.717, 1.165) is 11.3 Å². The van der Waals surface area contributed by atoms with Gasteiger partial charge < -0.3 is 14.5 Å². The average Bonchev–Trinajstić information content (AvgIpc) is 3.13. The van der Waals surface area contributed by atoms with E-state index in [1.165, 1.54) is 0 Å². The molecule has 0 aliphatic carbocycles. The number of aryl methyl sites for hydroxylation is 1. The van der Waals surface area contributed by atoms with Crippen LogP contribution in [-0.2, 0) is 11.2 Å². The van der Waals surface area contributed by atoms with Crippen LogP contribution in [0.3, 0.4) is 0 Å². The molecule has 0 saturated carbocycles. The molecule has 1 amide bonds. The van der Waals surface area contributed by atoms with E-state index in [1.807, 2.05) is 48.5 Å². The van der Waals surface area contributed by atoms with Crippen molar-refractivity contribution >= 4 is 17.5 Å². The summed E-state index contributed by atoms with van der Waals surface area (Å²) >= 11 is 6.15. The third kappa shape index (κ3) is 5.10. The first-order chi connectivity index (χ1) is 12.7. The highest BCUT2D eigenvalue weighted by molar-refractivity contribution is 6.33. The second-order valence-corrected chi connectivity index (χ2v) is 6.02. The molecule has 5 nitrogen and oxygen atoms in total. The fourth-order valence-electron chi connectivity index (χ4n) is 2.40. The summed E-state index contributed by atoms with van der Waals surface area (Å²) in [5, 5.41) is 3.42. The standard InChI is InChI=1S/C20H19ClN2O3/c21-17-9-5-4-8-16(17)18-14-23-20(26-18)11-10-19(24)22-12-13-25-15-6-2-1-3-7-15/h1-9,14H,10-13H2,(H,22,24). The van der Waals surface area contributed by atoms with Gasteiger partial charge in [0.2, 0.25) is 5.91 Å². The quantitative estimate of drug-likeness (QED) is 0.606. The molecule has 0 radical (unpaired) electrons. The van der Waals surface area contributed by atoms with E-state index < -0.39 is 0 Å². The number of carbonyl (C=O) groups excluding carboxylic acids is 1. The highest BCUT2D eigenvalue weighted by atomic mass is 35.5. The van der Waals surface area contributed by atoms with E-state index in [1.54, 1.807) is 12.3 Å². The number of para-hydroxylation sites is 1. The number of nitrogens with one attached hydrogen (secondary N) is 1. The molecule has 0 aliphatic heterocycles. The number of benzene rings is 2. The molecule has 1 N–H and O–H groups in total. The van der Waals surface area contributed by atoms with Gasteiger partial charge in [-0.05, 0) is 24.3 Å². The van der Waals surface area contributed by atoms with Gasteiger partial charge in [-0.25, -0.2) is 4.98 Å². The van der Waals surface area contributed by atoms with E-state index in [4.69, 9.17) is 20.8 Å². The SMILES string of the molecule is O=C(CCc1ncc(-c2ccccc2Cl)o1)NCCOc1ccccc1. The zero-order valence-electron chi connectivity index (χ0n) is 14.2. The zero-order valence-corrected chi connectivity index (χ0v) is 14.9. The molecule has 2 aromatic carbocycles. The Hall–Kier alpha value is -2.79. The van der Waals surface area contributed by atoms with Gasteiger partial charge in [0.15, 0.2) is 11.7 Å². The maximum Gasteiger partial charge on any atom is 0.220 e. The molecule has 0 bridgehead atoms. The van der Waals surface area contributed by atoms with Gasteiger partial charge in [0, 0.05) is 18.4 Å². The summed E-state index contributed by atoms with van der Waals surface area (Å²) in [6.45, 7) is 0.871. The van der Waals surface area contributed by atoms with E-state index in [2.05, 4.69) is 10.3 Å². The summed E-state index contributed by atoms with van der Waals surface area (Å²) in [5.74, 6) is 1.82. The van der Waals surface area contributed by atoms with Crippen LogP contribution < -0.4 is 10.1 Å². The minimum atomic E-state index is -0.0702. The first kappa shape index (κ1) is 18.0. The van der Waals surface area contributed by atoms with E-state index >= 15 is 0 Å². The third-order valence-corrected chi connectivity index (χ3v) is 4.02. The lowest BCUT2D eigenvalue weighted by Crippen LogP contribution is -2.28. The Labute approximate surface area is 157 Å². The monoisotopic (exact) mass is 370 g/mol. The third-order valence-electron chi connectivity index (χ3n) is 3.69. The largest absolute Gasteiger partial charge is 0.492 e. The lowest BCUT2D eigenvalue weighted by molar-refractivity contribution is -0.121. The van der Waals surface area contributed by atoms with E-state index in [-0.39, 0.29) is 5.91 Å². The summed E-state index contributed by atoms with van der Waals surface area (Å²) < 4.78 is 11.2. The van der Waals surface area contributed by atoms with Crippen LogP contribution in [0.25, 0.3) is 11.3 Å². The molecule has 0 fully saturated rings. The molecule has 26 heavy (non-hydrogen) atoms. The van der Waals surface area contributed by atoms with Crippen molar-refractivity contribution in [1.82, 2.24) is 10.3 Å². The molecule has 0 spiro atoms. The number of aromatic nitrogens is 1. The number of hydrogen-bond donors (Lipinski definition) is 1. The van der Waals surface area contributed by atoms with Gasteiger partial charge in [-0.15, -0.1) is 0 Å². The van der Waals surface area contributed by atoms with Gasteiger partial charge in [0.25, 0.3) is 0 Å². The predicted molar refractivity (Wildman–Crippen MR) is 100 cm³/mol. The fraction of sp³-hybridized carbons (Fsp3) is 0.200. The zero-order chi connectivity index (χ0) is 18.2. The van der Waals surface area contributed by atoms with Crippen molar-refractivity contribution in [1.29, 1.82) is 0 Å². The van der Waals surface area contributed by atoms with Gasteiger partial charge in [-0.1, -0.05) is 41.9 Å². The molecule has 1 aromatic heterocycles. The molecule has 1 heterocycles. The number of carbonyl (C=O) groups is 1. The van der Waals surface area contributed by atoms with Crippen molar-refractivity contribution in [2.24, 2.45) is 0 Å². The molecule has 134 valence electrons.